The highest BCUT2D eigenvalue weighted by Crippen LogP contribution is 2.45. The van der Waals surface area contributed by atoms with Crippen LogP contribution >= 0.6 is 0 Å². The maximum absolute atomic E-state index is 13.1. The SMILES string of the molecule is CC(C)N(CC1CC1)C1(CN)CCCC(C(F)(F)F)C1. The van der Waals surface area contributed by atoms with Crippen molar-refractivity contribution in [2.75, 3.05) is 13.1 Å². The normalized spacial score (nSPS) is 32.1. The van der Waals surface area contributed by atoms with Gasteiger partial charge in [-0.25, -0.2) is 0 Å². The van der Waals surface area contributed by atoms with E-state index in [0.29, 0.717) is 18.9 Å². The molecule has 2 unspecified atom stereocenters. The molecule has 0 aromatic heterocycles. The van der Waals surface area contributed by atoms with Crippen molar-refractivity contribution >= 4 is 0 Å². The van der Waals surface area contributed by atoms with Gasteiger partial charge in [-0.1, -0.05) is 6.42 Å². The number of rotatable bonds is 5. The van der Waals surface area contributed by atoms with Crippen molar-refractivity contribution in [1.29, 1.82) is 0 Å². The Morgan fingerprint density at radius 1 is 1.25 bits per heavy atom. The predicted molar refractivity (Wildman–Crippen MR) is 74.4 cm³/mol. The molecule has 0 spiro atoms. The number of nitrogens with zero attached hydrogens (tertiary/aromatic N) is 1. The standard InChI is InChI=1S/C15H27F3N2/c1-11(2)20(9-12-5-6-12)14(10-19)7-3-4-13(8-14)15(16,17)18/h11-13H,3-10,19H2,1-2H3. The zero-order valence-corrected chi connectivity index (χ0v) is 12.5. The molecule has 2 rings (SSSR count). The smallest absolute Gasteiger partial charge is 0.329 e. The lowest BCUT2D eigenvalue weighted by Crippen LogP contribution is -2.60. The molecule has 0 aromatic carbocycles. The Kier molecular flexibility index (Phi) is 4.69. The van der Waals surface area contributed by atoms with Crippen LogP contribution in [0.5, 0.6) is 0 Å². The minimum Gasteiger partial charge on any atom is -0.329 e. The number of alkyl halides is 3. The Hall–Kier alpha value is -0.290. The molecule has 2 N–H and O–H groups in total. The molecule has 0 aliphatic heterocycles. The Morgan fingerprint density at radius 3 is 2.35 bits per heavy atom. The third-order valence-corrected chi connectivity index (χ3v) is 5.05. The van der Waals surface area contributed by atoms with Gasteiger partial charge < -0.3 is 5.73 Å². The highest BCUT2D eigenvalue weighted by molar-refractivity contribution is 5.00. The first-order valence-corrected chi connectivity index (χ1v) is 7.82. The van der Waals surface area contributed by atoms with Crippen molar-refractivity contribution in [3.63, 3.8) is 0 Å². The predicted octanol–water partition coefficient (Wildman–Crippen LogP) is 3.56. The van der Waals surface area contributed by atoms with Gasteiger partial charge in [-0.3, -0.25) is 4.90 Å². The Morgan fingerprint density at radius 2 is 1.90 bits per heavy atom. The van der Waals surface area contributed by atoms with Crippen molar-refractivity contribution < 1.29 is 13.2 Å². The summed E-state index contributed by atoms with van der Waals surface area (Å²) < 4.78 is 39.3. The van der Waals surface area contributed by atoms with E-state index in [1.54, 1.807) is 0 Å². The molecule has 118 valence electrons. The summed E-state index contributed by atoms with van der Waals surface area (Å²) in [6.07, 6.45) is 0.233. The molecule has 2 atom stereocenters. The van der Waals surface area contributed by atoms with Crippen LogP contribution in [0, 0.1) is 11.8 Å². The second-order valence-electron chi connectivity index (χ2n) is 6.95. The molecule has 0 aromatic rings. The van der Waals surface area contributed by atoms with Gasteiger partial charge in [0, 0.05) is 24.7 Å². The van der Waals surface area contributed by atoms with Crippen molar-refractivity contribution in [3.8, 4) is 0 Å². The fourth-order valence-electron chi connectivity index (χ4n) is 3.71. The van der Waals surface area contributed by atoms with Gasteiger partial charge in [0.15, 0.2) is 0 Å². The van der Waals surface area contributed by atoms with Gasteiger partial charge in [0.05, 0.1) is 5.92 Å². The van der Waals surface area contributed by atoms with Gasteiger partial charge in [0.1, 0.15) is 0 Å². The van der Waals surface area contributed by atoms with Gasteiger partial charge in [0.25, 0.3) is 0 Å². The largest absolute Gasteiger partial charge is 0.391 e. The van der Waals surface area contributed by atoms with Crippen molar-refractivity contribution in [2.24, 2.45) is 17.6 Å². The molecular formula is C15H27F3N2. The lowest BCUT2D eigenvalue weighted by molar-refractivity contribution is -0.195. The van der Waals surface area contributed by atoms with Crippen LogP contribution in [0.1, 0.15) is 52.4 Å². The first kappa shape index (κ1) is 16.1. The van der Waals surface area contributed by atoms with E-state index >= 15 is 0 Å². The zero-order valence-electron chi connectivity index (χ0n) is 12.5. The highest BCUT2D eigenvalue weighted by Gasteiger charge is 2.50. The van der Waals surface area contributed by atoms with Crippen LogP contribution < -0.4 is 5.73 Å². The topological polar surface area (TPSA) is 29.3 Å². The molecule has 2 aliphatic carbocycles. The first-order chi connectivity index (χ1) is 9.28. The number of hydrogen-bond acceptors (Lipinski definition) is 2. The molecule has 2 aliphatic rings. The maximum Gasteiger partial charge on any atom is 0.391 e. The van der Waals surface area contributed by atoms with Gasteiger partial charge >= 0.3 is 6.18 Å². The lowest BCUT2D eigenvalue weighted by Gasteiger charge is -2.50. The van der Waals surface area contributed by atoms with E-state index in [9.17, 15) is 13.2 Å². The summed E-state index contributed by atoms with van der Waals surface area (Å²) in [6, 6.07) is 0.256. The number of nitrogens with two attached hydrogens (primary N) is 1. The van der Waals surface area contributed by atoms with Gasteiger partial charge in [-0.15, -0.1) is 0 Å². The number of hydrogen-bond donors (Lipinski definition) is 1. The Balaban J connectivity index is 2.16. The Labute approximate surface area is 119 Å². The summed E-state index contributed by atoms with van der Waals surface area (Å²) in [6.45, 7) is 5.41. The minimum absolute atomic E-state index is 0.178. The van der Waals surface area contributed by atoms with E-state index in [-0.39, 0.29) is 18.9 Å². The van der Waals surface area contributed by atoms with E-state index in [2.05, 4.69) is 18.7 Å². The van der Waals surface area contributed by atoms with E-state index in [4.69, 9.17) is 5.73 Å². The molecule has 0 heterocycles. The van der Waals surface area contributed by atoms with E-state index < -0.39 is 17.6 Å². The van der Waals surface area contributed by atoms with Crippen LogP contribution in [0.2, 0.25) is 0 Å². The van der Waals surface area contributed by atoms with Crippen molar-refractivity contribution in [2.45, 2.75) is 70.1 Å². The summed E-state index contributed by atoms with van der Waals surface area (Å²) >= 11 is 0. The maximum atomic E-state index is 13.1. The van der Waals surface area contributed by atoms with E-state index in [0.717, 1.165) is 13.0 Å². The molecule has 2 nitrogen and oxygen atoms in total. The first-order valence-electron chi connectivity index (χ1n) is 7.82. The average molecular weight is 292 g/mol. The average Bonchev–Trinajstić information content (AvgIpc) is 3.18. The summed E-state index contributed by atoms with van der Waals surface area (Å²) in [5.74, 6) is -0.507. The second kappa shape index (κ2) is 5.84. The van der Waals surface area contributed by atoms with Gasteiger partial charge in [-0.05, 0) is 51.9 Å². The van der Waals surface area contributed by atoms with E-state index in [1.807, 2.05) is 0 Å². The monoisotopic (exact) mass is 292 g/mol. The highest BCUT2D eigenvalue weighted by atomic mass is 19.4. The molecule has 0 saturated heterocycles. The van der Waals surface area contributed by atoms with Crippen LogP contribution in [-0.4, -0.2) is 35.7 Å². The Bertz CT molecular complexity index is 326. The minimum atomic E-state index is -4.08. The van der Waals surface area contributed by atoms with Crippen LogP contribution in [0.4, 0.5) is 13.2 Å². The second-order valence-corrected chi connectivity index (χ2v) is 6.95. The third kappa shape index (κ3) is 3.48. The summed E-state index contributed by atoms with van der Waals surface area (Å²) in [5, 5.41) is 0. The van der Waals surface area contributed by atoms with Crippen molar-refractivity contribution in [3.05, 3.63) is 0 Å². The van der Waals surface area contributed by atoms with E-state index in [1.165, 1.54) is 12.8 Å². The van der Waals surface area contributed by atoms with Crippen LogP contribution in [0.3, 0.4) is 0 Å². The zero-order chi connectivity index (χ0) is 15.0. The molecule has 0 radical (unpaired) electrons. The van der Waals surface area contributed by atoms with Crippen LogP contribution in [0.15, 0.2) is 0 Å². The van der Waals surface area contributed by atoms with Crippen molar-refractivity contribution in [1.82, 2.24) is 4.90 Å². The van der Waals surface area contributed by atoms with Crippen LogP contribution in [-0.2, 0) is 0 Å². The fourth-order valence-corrected chi connectivity index (χ4v) is 3.71. The summed E-state index contributed by atoms with van der Waals surface area (Å²) in [7, 11) is 0. The molecule has 0 bridgehead atoms. The lowest BCUT2D eigenvalue weighted by atomic mass is 9.73. The summed E-state index contributed by atoms with van der Waals surface area (Å²) in [4.78, 5) is 2.28. The fraction of sp³-hybridized carbons (Fsp3) is 1.00. The third-order valence-electron chi connectivity index (χ3n) is 5.05. The molecule has 0 amide bonds. The number of halogens is 3. The van der Waals surface area contributed by atoms with Gasteiger partial charge in [-0.2, -0.15) is 13.2 Å². The molecule has 20 heavy (non-hydrogen) atoms. The van der Waals surface area contributed by atoms with Gasteiger partial charge in [0.2, 0.25) is 0 Å². The molecule has 2 fully saturated rings. The molecule has 5 heteroatoms. The quantitative estimate of drug-likeness (QED) is 0.839. The summed E-state index contributed by atoms with van der Waals surface area (Å²) in [5.41, 5.74) is 5.52. The molecular weight excluding hydrogens is 265 g/mol. The molecule has 2 saturated carbocycles. The van der Waals surface area contributed by atoms with Crippen LogP contribution in [0.25, 0.3) is 0 Å².